The lowest BCUT2D eigenvalue weighted by Crippen LogP contribution is -2.45. The van der Waals surface area contributed by atoms with E-state index in [-0.39, 0.29) is 16.7 Å². The van der Waals surface area contributed by atoms with E-state index in [1.165, 1.54) is 23.1 Å². The van der Waals surface area contributed by atoms with E-state index < -0.39 is 0 Å². The van der Waals surface area contributed by atoms with Gasteiger partial charge in [-0.3, -0.25) is 4.79 Å². The van der Waals surface area contributed by atoms with Gasteiger partial charge in [-0.2, -0.15) is 0 Å². The number of rotatable bonds is 5. The van der Waals surface area contributed by atoms with Gasteiger partial charge in [-0.1, -0.05) is 18.3 Å². The van der Waals surface area contributed by atoms with Crippen LogP contribution in [0.4, 0.5) is 5.13 Å². The number of nitrogens with two attached hydrogens (primary N) is 1. The molecule has 1 heterocycles. The zero-order chi connectivity index (χ0) is 13.9. The molecule has 0 spiro atoms. The number of nitrogen functional groups attached to an aromatic ring is 1. The molecule has 4 nitrogen and oxygen atoms in total. The maximum atomic E-state index is 12.1. The van der Waals surface area contributed by atoms with E-state index >= 15 is 0 Å². The van der Waals surface area contributed by atoms with E-state index in [9.17, 15) is 4.79 Å². The molecule has 1 unspecified atom stereocenters. The number of hydrogen-bond donors (Lipinski definition) is 2. The van der Waals surface area contributed by atoms with E-state index in [2.05, 4.69) is 17.2 Å². The van der Waals surface area contributed by atoms with Gasteiger partial charge in [0.25, 0.3) is 0 Å². The number of carbonyl (C=O) groups excluding carboxylic acids is 1. The van der Waals surface area contributed by atoms with Crippen molar-refractivity contribution in [3.05, 3.63) is 5.69 Å². The first kappa shape index (κ1) is 15.3. The number of thioether (sulfide) groups is 1. The first-order chi connectivity index (χ1) is 8.25. The van der Waals surface area contributed by atoms with E-state index in [1.54, 1.807) is 0 Å². The normalized spacial score (nSPS) is 13.4. The summed E-state index contributed by atoms with van der Waals surface area (Å²) in [6, 6.07) is 0. The van der Waals surface area contributed by atoms with Gasteiger partial charge in [-0.25, -0.2) is 4.98 Å². The number of hydrogen-bond acceptors (Lipinski definition) is 5. The molecule has 0 aliphatic heterocycles. The second-order valence-electron chi connectivity index (χ2n) is 4.91. The number of aromatic nitrogens is 1. The first-order valence-electron chi connectivity index (χ1n) is 5.96. The fraction of sp³-hybridized carbons (Fsp3) is 0.667. The van der Waals surface area contributed by atoms with Crippen LogP contribution in [0.2, 0.25) is 0 Å². The lowest BCUT2D eigenvalue weighted by molar-refractivity contribution is -0.121. The molecule has 0 aliphatic carbocycles. The topological polar surface area (TPSA) is 68.0 Å². The maximum absolute atomic E-state index is 12.1. The third kappa shape index (κ3) is 4.17. The average Bonchev–Trinajstić information content (AvgIpc) is 2.56. The summed E-state index contributed by atoms with van der Waals surface area (Å²) in [5.41, 5.74) is 6.39. The van der Waals surface area contributed by atoms with Crippen LogP contribution in [0, 0.1) is 6.92 Å². The van der Waals surface area contributed by atoms with Crippen LogP contribution < -0.4 is 11.1 Å². The van der Waals surface area contributed by atoms with Gasteiger partial charge in [0.15, 0.2) is 5.13 Å². The molecule has 1 rings (SSSR count). The Balaban J connectivity index is 2.63. The molecule has 0 saturated heterocycles. The molecule has 0 fully saturated rings. The van der Waals surface area contributed by atoms with Gasteiger partial charge in [0.1, 0.15) is 0 Å². The van der Waals surface area contributed by atoms with Crippen LogP contribution in [0.15, 0.2) is 4.21 Å². The van der Waals surface area contributed by atoms with Crippen LogP contribution in [0.5, 0.6) is 0 Å². The second-order valence-corrected chi connectivity index (χ2v) is 7.55. The van der Waals surface area contributed by atoms with Gasteiger partial charge >= 0.3 is 0 Å². The SMILES string of the molecule is CCC(C)(C)NC(=O)C(C)Sc1sc(N)nc1C. The standard InChI is InChI=1S/C12H21N3OS2/c1-6-12(4,5)15-9(16)8(3)17-10-7(2)14-11(13)18-10/h8H,6H2,1-5H3,(H2,13,14)(H,15,16). The van der Waals surface area contributed by atoms with Crippen molar-refractivity contribution in [2.45, 2.75) is 56.0 Å². The van der Waals surface area contributed by atoms with Crippen molar-refractivity contribution >= 4 is 34.1 Å². The van der Waals surface area contributed by atoms with Gasteiger partial charge in [-0.05, 0) is 34.1 Å². The number of nitrogens with one attached hydrogen (secondary N) is 1. The van der Waals surface area contributed by atoms with Gasteiger partial charge in [-0.15, -0.1) is 11.8 Å². The van der Waals surface area contributed by atoms with E-state index in [0.29, 0.717) is 5.13 Å². The highest BCUT2D eigenvalue weighted by Gasteiger charge is 2.23. The van der Waals surface area contributed by atoms with Crippen molar-refractivity contribution < 1.29 is 4.79 Å². The first-order valence-corrected chi connectivity index (χ1v) is 7.66. The summed E-state index contributed by atoms with van der Waals surface area (Å²) in [7, 11) is 0. The van der Waals surface area contributed by atoms with Crippen LogP contribution in [0.25, 0.3) is 0 Å². The molecule has 0 aromatic carbocycles. The van der Waals surface area contributed by atoms with Gasteiger partial charge in [0.2, 0.25) is 5.91 Å². The Hall–Kier alpha value is -0.750. The van der Waals surface area contributed by atoms with E-state index in [4.69, 9.17) is 5.73 Å². The summed E-state index contributed by atoms with van der Waals surface area (Å²) in [5, 5.41) is 3.45. The average molecular weight is 287 g/mol. The number of nitrogens with zero attached hydrogens (tertiary/aromatic N) is 1. The predicted molar refractivity (Wildman–Crippen MR) is 79.1 cm³/mol. The molecule has 1 atom stereocenters. The summed E-state index contributed by atoms with van der Waals surface area (Å²) >= 11 is 2.95. The van der Waals surface area contributed by atoms with Gasteiger partial charge < -0.3 is 11.1 Å². The largest absolute Gasteiger partial charge is 0.375 e. The number of amides is 1. The molecule has 3 N–H and O–H groups in total. The van der Waals surface area contributed by atoms with Crippen LogP contribution in [-0.2, 0) is 4.79 Å². The summed E-state index contributed by atoms with van der Waals surface area (Å²) in [6.07, 6.45) is 0.905. The number of thiazole rings is 1. The minimum absolute atomic E-state index is 0.0539. The smallest absolute Gasteiger partial charge is 0.233 e. The molecule has 6 heteroatoms. The van der Waals surface area contributed by atoms with Crippen molar-refractivity contribution in [1.29, 1.82) is 0 Å². The highest BCUT2D eigenvalue weighted by atomic mass is 32.2. The zero-order valence-corrected chi connectivity index (χ0v) is 13.2. The minimum Gasteiger partial charge on any atom is -0.375 e. The summed E-state index contributed by atoms with van der Waals surface area (Å²) in [6.45, 7) is 9.93. The van der Waals surface area contributed by atoms with Crippen molar-refractivity contribution in [2.24, 2.45) is 0 Å². The Morgan fingerprint density at radius 3 is 2.67 bits per heavy atom. The van der Waals surface area contributed by atoms with E-state index in [1.807, 2.05) is 27.7 Å². The van der Waals surface area contributed by atoms with Crippen LogP contribution in [-0.4, -0.2) is 21.7 Å². The molecule has 1 amide bonds. The molecule has 0 bridgehead atoms. The molecule has 1 aromatic heterocycles. The lowest BCUT2D eigenvalue weighted by atomic mass is 10.0. The Morgan fingerprint density at radius 1 is 1.61 bits per heavy atom. The molecule has 0 radical (unpaired) electrons. The van der Waals surface area contributed by atoms with Gasteiger partial charge in [0.05, 0.1) is 15.2 Å². The Kier molecular flexibility index (Phi) is 5.04. The predicted octanol–water partition coefficient (Wildman–Crippen LogP) is 2.82. The van der Waals surface area contributed by atoms with Gasteiger partial charge in [0, 0.05) is 5.54 Å². The molecule has 18 heavy (non-hydrogen) atoms. The molecular formula is C12H21N3OS2. The molecule has 102 valence electrons. The lowest BCUT2D eigenvalue weighted by Gasteiger charge is -2.26. The quantitative estimate of drug-likeness (QED) is 0.817. The van der Waals surface area contributed by atoms with Crippen LogP contribution >= 0.6 is 23.1 Å². The van der Waals surface area contributed by atoms with Crippen molar-refractivity contribution in [1.82, 2.24) is 10.3 Å². The third-order valence-corrected chi connectivity index (χ3v) is 5.17. The van der Waals surface area contributed by atoms with Crippen LogP contribution in [0.1, 0.15) is 39.8 Å². The summed E-state index contributed by atoms with van der Waals surface area (Å²) in [5.74, 6) is 0.0539. The molecule has 0 saturated carbocycles. The highest BCUT2D eigenvalue weighted by Crippen LogP contribution is 2.33. The fourth-order valence-electron chi connectivity index (χ4n) is 1.25. The number of carbonyl (C=O) groups is 1. The summed E-state index contributed by atoms with van der Waals surface area (Å²) < 4.78 is 1.02. The van der Waals surface area contributed by atoms with Crippen molar-refractivity contribution in [3.8, 4) is 0 Å². The summed E-state index contributed by atoms with van der Waals surface area (Å²) in [4.78, 5) is 16.2. The molecule has 1 aromatic rings. The zero-order valence-electron chi connectivity index (χ0n) is 11.5. The highest BCUT2D eigenvalue weighted by molar-refractivity contribution is 8.02. The van der Waals surface area contributed by atoms with Crippen LogP contribution in [0.3, 0.4) is 0 Å². The molecular weight excluding hydrogens is 266 g/mol. The Morgan fingerprint density at radius 2 is 2.22 bits per heavy atom. The number of aryl methyl sites for hydroxylation is 1. The van der Waals surface area contributed by atoms with Crippen molar-refractivity contribution in [3.63, 3.8) is 0 Å². The second kappa shape index (κ2) is 5.93. The fourth-order valence-corrected chi connectivity index (χ4v) is 3.40. The monoisotopic (exact) mass is 287 g/mol. The maximum Gasteiger partial charge on any atom is 0.233 e. The third-order valence-electron chi connectivity index (χ3n) is 2.77. The Labute approximate surface area is 117 Å². The van der Waals surface area contributed by atoms with Crippen molar-refractivity contribution in [2.75, 3.05) is 5.73 Å². The molecule has 0 aliphatic rings. The number of anilines is 1. The minimum atomic E-state index is -0.159. The Bertz CT molecular complexity index is 429. The van der Waals surface area contributed by atoms with E-state index in [0.717, 1.165) is 16.3 Å².